The fourth-order valence-corrected chi connectivity index (χ4v) is 3.94. The first-order valence-electron chi connectivity index (χ1n) is 9.55. The van der Waals surface area contributed by atoms with Crippen LogP contribution in [-0.2, 0) is 4.74 Å². The second kappa shape index (κ2) is 7.75. The fourth-order valence-electron chi connectivity index (χ4n) is 3.94. The van der Waals surface area contributed by atoms with Crippen molar-refractivity contribution in [1.29, 1.82) is 5.26 Å². The van der Waals surface area contributed by atoms with E-state index in [1.807, 2.05) is 36.4 Å². The predicted octanol–water partition coefficient (Wildman–Crippen LogP) is 4.17. The van der Waals surface area contributed by atoms with E-state index in [9.17, 15) is 5.26 Å². The van der Waals surface area contributed by atoms with E-state index < -0.39 is 0 Å². The Morgan fingerprint density at radius 1 is 1.11 bits per heavy atom. The predicted molar refractivity (Wildman–Crippen MR) is 111 cm³/mol. The van der Waals surface area contributed by atoms with Crippen molar-refractivity contribution in [2.75, 3.05) is 19.6 Å². The molecule has 0 bridgehead atoms. The van der Waals surface area contributed by atoms with Crippen molar-refractivity contribution in [3.63, 3.8) is 0 Å². The number of nitrogens with zero attached hydrogens (tertiary/aromatic N) is 2. The van der Waals surface area contributed by atoms with Gasteiger partial charge in [0, 0.05) is 18.7 Å². The third-order valence-electron chi connectivity index (χ3n) is 5.33. The maximum atomic E-state index is 9.79. The van der Waals surface area contributed by atoms with Gasteiger partial charge in [0.15, 0.2) is 0 Å². The van der Waals surface area contributed by atoms with Gasteiger partial charge in [0.05, 0.1) is 5.92 Å². The molecule has 0 aromatic heterocycles. The van der Waals surface area contributed by atoms with E-state index in [0.717, 1.165) is 47.7 Å². The highest BCUT2D eigenvalue weighted by Crippen LogP contribution is 2.43. The molecule has 4 nitrogen and oxygen atoms in total. The zero-order valence-electron chi connectivity index (χ0n) is 15.9. The maximum Gasteiger partial charge on any atom is 0.205 e. The fraction of sp³-hybridized carbons (Fsp3) is 0.208. The first-order valence-corrected chi connectivity index (χ1v) is 9.55. The topological polar surface area (TPSA) is 62.3 Å². The molecule has 28 heavy (non-hydrogen) atoms. The van der Waals surface area contributed by atoms with Crippen LogP contribution in [0.5, 0.6) is 0 Å². The van der Waals surface area contributed by atoms with Crippen LogP contribution in [0.3, 0.4) is 0 Å². The Bertz CT molecular complexity index is 997. The summed E-state index contributed by atoms with van der Waals surface area (Å²) in [5.41, 5.74) is 11.1. The third kappa shape index (κ3) is 3.33. The lowest BCUT2D eigenvalue weighted by atomic mass is 9.80. The van der Waals surface area contributed by atoms with Crippen LogP contribution in [0.25, 0.3) is 6.08 Å². The molecule has 0 amide bonds. The molecule has 0 saturated carbocycles. The molecule has 0 saturated heterocycles. The molecular formula is C24H23N3O. The molecule has 2 heterocycles. The van der Waals surface area contributed by atoms with Gasteiger partial charge < -0.3 is 10.5 Å². The Balaban J connectivity index is 1.87. The molecule has 2 N–H and O–H groups in total. The van der Waals surface area contributed by atoms with Gasteiger partial charge in [-0.15, -0.1) is 0 Å². The SMILES string of the molecule is CCN1CC2=C(OC(N)=C(C#N)C2c2ccccc2)/C(=C/c2ccccc2)C1. The highest BCUT2D eigenvalue weighted by atomic mass is 16.5. The Morgan fingerprint density at radius 3 is 2.43 bits per heavy atom. The highest BCUT2D eigenvalue weighted by molar-refractivity contribution is 5.63. The van der Waals surface area contributed by atoms with Gasteiger partial charge in [-0.1, -0.05) is 67.6 Å². The van der Waals surface area contributed by atoms with E-state index in [2.05, 4.69) is 48.2 Å². The molecule has 0 fully saturated rings. The summed E-state index contributed by atoms with van der Waals surface area (Å²) in [6.45, 7) is 4.63. The summed E-state index contributed by atoms with van der Waals surface area (Å²) < 4.78 is 6.04. The van der Waals surface area contributed by atoms with E-state index in [1.165, 1.54) is 0 Å². The lowest BCUT2D eigenvalue weighted by Gasteiger charge is -2.38. The molecule has 2 aliphatic rings. The van der Waals surface area contributed by atoms with Crippen LogP contribution >= 0.6 is 0 Å². The first-order chi connectivity index (χ1) is 13.7. The molecule has 0 spiro atoms. The van der Waals surface area contributed by atoms with Crippen molar-refractivity contribution in [2.45, 2.75) is 12.8 Å². The van der Waals surface area contributed by atoms with Gasteiger partial charge >= 0.3 is 0 Å². The van der Waals surface area contributed by atoms with Gasteiger partial charge in [0.1, 0.15) is 17.4 Å². The monoisotopic (exact) mass is 369 g/mol. The first kappa shape index (κ1) is 18.1. The molecule has 0 radical (unpaired) electrons. The van der Waals surface area contributed by atoms with Crippen molar-refractivity contribution >= 4 is 6.08 Å². The van der Waals surface area contributed by atoms with Crippen molar-refractivity contribution in [3.8, 4) is 6.07 Å². The standard InChI is InChI=1S/C24H23N3O/c1-2-27-15-19(13-17-9-5-3-6-10-17)23-21(16-27)22(18-11-7-4-8-12-18)20(14-25)24(26)28-23/h3-13,22H,2,15-16,26H2,1H3/b19-13+. The Kier molecular flexibility index (Phi) is 5.01. The molecule has 140 valence electrons. The van der Waals surface area contributed by atoms with Crippen molar-refractivity contribution < 1.29 is 4.74 Å². The third-order valence-corrected chi connectivity index (χ3v) is 5.33. The minimum Gasteiger partial charge on any atom is -0.440 e. The van der Waals surface area contributed by atoms with Crippen LogP contribution < -0.4 is 5.73 Å². The summed E-state index contributed by atoms with van der Waals surface area (Å²) in [6, 6.07) is 22.6. The van der Waals surface area contributed by atoms with Crippen molar-refractivity contribution in [3.05, 3.63) is 100 Å². The number of nitriles is 1. The van der Waals surface area contributed by atoms with Crippen LogP contribution in [0.15, 0.2) is 89.0 Å². The average molecular weight is 369 g/mol. The van der Waals surface area contributed by atoms with E-state index in [0.29, 0.717) is 5.57 Å². The molecule has 2 aliphatic heterocycles. The summed E-state index contributed by atoms with van der Waals surface area (Å²) in [7, 11) is 0. The lowest BCUT2D eigenvalue weighted by molar-refractivity contribution is 0.239. The largest absolute Gasteiger partial charge is 0.440 e. The highest BCUT2D eigenvalue weighted by Gasteiger charge is 2.37. The maximum absolute atomic E-state index is 9.79. The van der Waals surface area contributed by atoms with Gasteiger partial charge in [-0.25, -0.2) is 0 Å². The number of ether oxygens (including phenoxy) is 1. The van der Waals surface area contributed by atoms with Crippen molar-refractivity contribution in [2.24, 2.45) is 5.73 Å². The molecule has 1 unspecified atom stereocenters. The number of hydrogen-bond acceptors (Lipinski definition) is 4. The van der Waals surface area contributed by atoms with E-state index in [1.54, 1.807) is 0 Å². The molecule has 0 aliphatic carbocycles. The second-order valence-electron chi connectivity index (χ2n) is 7.07. The Labute approximate surface area is 165 Å². The van der Waals surface area contributed by atoms with Gasteiger partial charge in [-0.3, -0.25) is 4.90 Å². The van der Waals surface area contributed by atoms with Crippen LogP contribution in [0.1, 0.15) is 24.0 Å². The van der Waals surface area contributed by atoms with Crippen LogP contribution in [-0.4, -0.2) is 24.5 Å². The van der Waals surface area contributed by atoms with E-state index >= 15 is 0 Å². The van der Waals surface area contributed by atoms with Crippen LogP contribution in [0.2, 0.25) is 0 Å². The van der Waals surface area contributed by atoms with Crippen LogP contribution in [0, 0.1) is 11.3 Å². The number of allylic oxidation sites excluding steroid dienone is 1. The molecule has 2 aromatic rings. The molecule has 4 rings (SSSR count). The van der Waals surface area contributed by atoms with Gasteiger partial charge in [-0.05, 0) is 29.3 Å². The summed E-state index contributed by atoms with van der Waals surface area (Å²) >= 11 is 0. The quantitative estimate of drug-likeness (QED) is 0.882. The number of benzene rings is 2. The smallest absolute Gasteiger partial charge is 0.205 e. The van der Waals surface area contributed by atoms with Crippen molar-refractivity contribution in [1.82, 2.24) is 4.90 Å². The summed E-state index contributed by atoms with van der Waals surface area (Å²) in [4.78, 5) is 2.36. The number of hydrogen-bond donors (Lipinski definition) is 1. The zero-order chi connectivity index (χ0) is 19.5. The molecule has 4 heteroatoms. The summed E-state index contributed by atoms with van der Waals surface area (Å²) in [5.74, 6) is 0.849. The molecule has 1 atom stereocenters. The van der Waals surface area contributed by atoms with Gasteiger partial charge in [0.2, 0.25) is 5.88 Å². The minimum absolute atomic E-state index is 0.177. The lowest BCUT2D eigenvalue weighted by Crippen LogP contribution is -2.38. The average Bonchev–Trinajstić information content (AvgIpc) is 2.74. The number of rotatable bonds is 3. The minimum atomic E-state index is -0.177. The summed E-state index contributed by atoms with van der Waals surface area (Å²) in [5, 5.41) is 9.79. The molecule has 2 aromatic carbocycles. The van der Waals surface area contributed by atoms with Gasteiger partial charge in [0.25, 0.3) is 0 Å². The number of likely N-dealkylation sites (N-methyl/N-ethyl adjacent to an activating group) is 1. The van der Waals surface area contributed by atoms with Crippen LogP contribution in [0.4, 0.5) is 0 Å². The second-order valence-corrected chi connectivity index (χ2v) is 7.07. The van der Waals surface area contributed by atoms with E-state index in [-0.39, 0.29) is 11.8 Å². The Hall–Kier alpha value is -3.29. The van der Waals surface area contributed by atoms with Gasteiger partial charge in [-0.2, -0.15) is 5.26 Å². The summed E-state index contributed by atoms with van der Waals surface area (Å²) in [6.07, 6.45) is 2.16. The normalized spacial score (nSPS) is 21.3. The molecular weight excluding hydrogens is 346 g/mol. The Morgan fingerprint density at radius 2 is 1.79 bits per heavy atom. The van der Waals surface area contributed by atoms with E-state index in [4.69, 9.17) is 10.5 Å². The number of nitrogens with two attached hydrogens (primary N) is 1. The zero-order valence-corrected chi connectivity index (χ0v) is 15.9.